The SMILES string of the molecule is CC(S)CN1CCOCC1. The molecule has 0 bridgehead atoms. The van der Waals surface area contributed by atoms with Crippen molar-refractivity contribution in [3.8, 4) is 0 Å². The van der Waals surface area contributed by atoms with Gasteiger partial charge < -0.3 is 4.74 Å². The fourth-order valence-corrected chi connectivity index (χ4v) is 1.39. The first-order valence-electron chi connectivity index (χ1n) is 3.77. The van der Waals surface area contributed by atoms with Crippen LogP contribution in [0.15, 0.2) is 0 Å². The Bertz CT molecular complexity index is 91.6. The fraction of sp³-hybridized carbons (Fsp3) is 1.00. The van der Waals surface area contributed by atoms with Crippen molar-refractivity contribution in [2.45, 2.75) is 12.2 Å². The van der Waals surface area contributed by atoms with E-state index in [1.54, 1.807) is 0 Å². The van der Waals surface area contributed by atoms with Crippen LogP contribution in [0.5, 0.6) is 0 Å². The van der Waals surface area contributed by atoms with Crippen molar-refractivity contribution in [3.05, 3.63) is 0 Å². The number of hydrogen-bond acceptors (Lipinski definition) is 3. The molecule has 0 aromatic carbocycles. The van der Waals surface area contributed by atoms with Crippen LogP contribution < -0.4 is 0 Å². The lowest BCUT2D eigenvalue weighted by Crippen LogP contribution is -2.39. The lowest BCUT2D eigenvalue weighted by molar-refractivity contribution is 0.0387. The summed E-state index contributed by atoms with van der Waals surface area (Å²) in [5.41, 5.74) is 0. The largest absolute Gasteiger partial charge is 0.379 e. The Balaban J connectivity index is 2.13. The maximum Gasteiger partial charge on any atom is 0.0594 e. The van der Waals surface area contributed by atoms with Crippen molar-refractivity contribution in [2.75, 3.05) is 32.8 Å². The topological polar surface area (TPSA) is 12.5 Å². The third kappa shape index (κ3) is 2.90. The summed E-state index contributed by atoms with van der Waals surface area (Å²) in [5, 5.41) is 0.484. The predicted molar refractivity (Wildman–Crippen MR) is 45.7 cm³/mol. The molecule has 1 fully saturated rings. The number of morpholine rings is 1. The molecule has 0 N–H and O–H groups in total. The number of nitrogens with zero attached hydrogens (tertiary/aromatic N) is 1. The molecular weight excluding hydrogens is 146 g/mol. The van der Waals surface area contributed by atoms with Crippen molar-refractivity contribution in [2.24, 2.45) is 0 Å². The molecule has 0 aliphatic carbocycles. The molecule has 1 unspecified atom stereocenters. The van der Waals surface area contributed by atoms with Gasteiger partial charge in [0.25, 0.3) is 0 Å². The summed E-state index contributed by atoms with van der Waals surface area (Å²) in [4.78, 5) is 2.39. The fourth-order valence-electron chi connectivity index (χ4n) is 1.16. The molecule has 60 valence electrons. The van der Waals surface area contributed by atoms with Gasteiger partial charge in [0, 0.05) is 24.9 Å². The van der Waals surface area contributed by atoms with Crippen LogP contribution in [-0.2, 0) is 4.74 Å². The molecule has 1 heterocycles. The van der Waals surface area contributed by atoms with Crippen LogP contribution in [0.25, 0.3) is 0 Å². The molecule has 0 amide bonds. The summed E-state index contributed by atoms with van der Waals surface area (Å²) in [6.45, 7) is 7.14. The minimum Gasteiger partial charge on any atom is -0.379 e. The van der Waals surface area contributed by atoms with E-state index in [1.807, 2.05) is 0 Å². The highest BCUT2D eigenvalue weighted by molar-refractivity contribution is 7.80. The van der Waals surface area contributed by atoms with Crippen molar-refractivity contribution < 1.29 is 4.74 Å². The molecule has 0 spiro atoms. The van der Waals surface area contributed by atoms with Crippen LogP contribution in [0.4, 0.5) is 0 Å². The van der Waals surface area contributed by atoms with E-state index >= 15 is 0 Å². The van der Waals surface area contributed by atoms with Crippen LogP contribution in [0.1, 0.15) is 6.92 Å². The minimum atomic E-state index is 0.484. The number of ether oxygens (including phenoxy) is 1. The molecule has 3 heteroatoms. The highest BCUT2D eigenvalue weighted by Gasteiger charge is 2.10. The number of thiol groups is 1. The second-order valence-corrected chi connectivity index (χ2v) is 3.64. The van der Waals surface area contributed by atoms with Crippen molar-refractivity contribution >= 4 is 12.6 Å². The van der Waals surface area contributed by atoms with Gasteiger partial charge in [0.15, 0.2) is 0 Å². The Hall–Kier alpha value is 0.270. The third-order valence-corrected chi connectivity index (χ3v) is 1.79. The maximum atomic E-state index is 5.21. The van der Waals surface area contributed by atoms with Crippen molar-refractivity contribution in [3.63, 3.8) is 0 Å². The molecule has 1 saturated heterocycles. The molecule has 1 aliphatic rings. The van der Waals surface area contributed by atoms with E-state index in [9.17, 15) is 0 Å². The highest BCUT2D eigenvalue weighted by Crippen LogP contribution is 2.01. The van der Waals surface area contributed by atoms with E-state index in [0.29, 0.717) is 5.25 Å². The van der Waals surface area contributed by atoms with Crippen molar-refractivity contribution in [1.82, 2.24) is 4.90 Å². The normalized spacial score (nSPS) is 24.6. The van der Waals surface area contributed by atoms with Crippen LogP contribution in [-0.4, -0.2) is 43.0 Å². The van der Waals surface area contributed by atoms with Gasteiger partial charge in [0.1, 0.15) is 0 Å². The number of rotatable bonds is 2. The van der Waals surface area contributed by atoms with Crippen LogP contribution in [0, 0.1) is 0 Å². The Labute approximate surface area is 68.0 Å². The van der Waals surface area contributed by atoms with Gasteiger partial charge in [-0.25, -0.2) is 0 Å². The van der Waals surface area contributed by atoms with E-state index in [4.69, 9.17) is 4.74 Å². The molecular formula is C7H15NOS. The summed E-state index contributed by atoms with van der Waals surface area (Å²) >= 11 is 4.33. The Kier molecular flexibility index (Phi) is 3.52. The first-order chi connectivity index (χ1) is 4.79. The predicted octanol–water partition coefficient (Wildman–Crippen LogP) is 0.637. The summed E-state index contributed by atoms with van der Waals surface area (Å²) in [5.74, 6) is 0. The minimum absolute atomic E-state index is 0.484. The summed E-state index contributed by atoms with van der Waals surface area (Å²) in [6.07, 6.45) is 0. The molecule has 0 aromatic heterocycles. The Morgan fingerprint density at radius 1 is 1.50 bits per heavy atom. The lowest BCUT2D eigenvalue weighted by atomic mass is 10.3. The molecule has 1 aliphatic heterocycles. The van der Waals surface area contributed by atoms with Crippen molar-refractivity contribution in [1.29, 1.82) is 0 Å². The van der Waals surface area contributed by atoms with Gasteiger partial charge in [-0.15, -0.1) is 0 Å². The zero-order valence-electron chi connectivity index (χ0n) is 6.42. The van der Waals surface area contributed by atoms with Crippen LogP contribution in [0.3, 0.4) is 0 Å². The average molecular weight is 161 g/mol. The van der Waals surface area contributed by atoms with Crippen LogP contribution in [0.2, 0.25) is 0 Å². The quantitative estimate of drug-likeness (QED) is 0.597. The Morgan fingerprint density at radius 2 is 2.10 bits per heavy atom. The standard InChI is InChI=1S/C7H15NOS/c1-7(10)6-8-2-4-9-5-3-8/h7,10H,2-6H2,1H3. The monoisotopic (exact) mass is 161 g/mol. The lowest BCUT2D eigenvalue weighted by Gasteiger charge is -2.27. The van der Waals surface area contributed by atoms with E-state index in [1.165, 1.54) is 0 Å². The second-order valence-electron chi connectivity index (χ2n) is 2.76. The van der Waals surface area contributed by atoms with Gasteiger partial charge in [-0.05, 0) is 0 Å². The zero-order valence-corrected chi connectivity index (χ0v) is 7.31. The van der Waals surface area contributed by atoms with Gasteiger partial charge in [-0.1, -0.05) is 6.92 Å². The molecule has 1 rings (SSSR count). The van der Waals surface area contributed by atoms with E-state index in [0.717, 1.165) is 32.8 Å². The zero-order chi connectivity index (χ0) is 7.40. The molecule has 2 nitrogen and oxygen atoms in total. The molecule has 1 atom stereocenters. The summed E-state index contributed by atoms with van der Waals surface area (Å²) in [7, 11) is 0. The summed E-state index contributed by atoms with van der Waals surface area (Å²) in [6, 6.07) is 0. The smallest absolute Gasteiger partial charge is 0.0594 e. The maximum absolute atomic E-state index is 5.21. The highest BCUT2D eigenvalue weighted by atomic mass is 32.1. The van der Waals surface area contributed by atoms with E-state index in [2.05, 4.69) is 24.5 Å². The molecule has 10 heavy (non-hydrogen) atoms. The summed E-state index contributed by atoms with van der Waals surface area (Å²) < 4.78 is 5.21. The van der Waals surface area contributed by atoms with Crippen LogP contribution >= 0.6 is 12.6 Å². The number of hydrogen-bond donors (Lipinski definition) is 1. The van der Waals surface area contributed by atoms with Gasteiger partial charge in [0.2, 0.25) is 0 Å². The second kappa shape index (κ2) is 4.21. The first-order valence-corrected chi connectivity index (χ1v) is 4.29. The Morgan fingerprint density at radius 3 is 2.60 bits per heavy atom. The molecule has 0 saturated carbocycles. The van der Waals surface area contributed by atoms with Gasteiger partial charge in [-0.3, -0.25) is 4.90 Å². The average Bonchev–Trinajstić information content (AvgIpc) is 1.88. The third-order valence-electron chi connectivity index (χ3n) is 1.63. The van der Waals surface area contributed by atoms with Gasteiger partial charge >= 0.3 is 0 Å². The van der Waals surface area contributed by atoms with E-state index < -0.39 is 0 Å². The first kappa shape index (κ1) is 8.37. The van der Waals surface area contributed by atoms with E-state index in [-0.39, 0.29) is 0 Å². The van der Waals surface area contributed by atoms with Gasteiger partial charge in [-0.2, -0.15) is 12.6 Å². The molecule has 0 aromatic rings. The molecule has 0 radical (unpaired) electrons. The van der Waals surface area contributed by atoms with Gasteiger partial charge in [0.05, 0.1) is 13.2 Å².